The highest BCUT2D eigenvalue weighted by Gasteiger charge is 2.54. The van der Waals surface area contributed by atoms with Crippen LogP contribution in [0.25, 0.3) is 5.69 Å². The van der Waals surface area contributed by atoms with E-state index in [1.807, 2.05) is 24.4 Å². The summed E-state index contributed by atoms with van der Waals surface area (Å²) in [4.78, 5) is 6.85. The van der Waals surface area contributed by atoms with E-state index in [1.165, 1.54) is 18.4 Å². The monoisotopic (exact) mass is 464 g/mol. The second-order valence-corrected chi connectivity index (χ2v) is 8.77. The third kappa shape index (κ3) is 3.36. The Hall–Kier alpha value is -1.86. The molecule has 6 nitrogen and oxygen atoms in total. The van der Waals surface area contributed by atoms with Crippen LogP contribution in [0.3, 0.4) is 0 Å². The molecule has 1 spiro atoms. The van der Waals surface area contributed by atoms with Crippen LogP contribution in [-0.4, -0.2) is 32.8 Å². The van der Waals surface area contributed by atoms with Crippen molar-refractivity contribution in [2.75, 3.05) is 18.0 Å². The van der Waals surface area contributed by atoms with E-state index in [1.54, 1.807) is 0 Å². The number of nitrogens with one attached hydrogen (secondary N) is 1. The first kappa shape index (κ1) is 21.4. The number of halogens is 3. The predicted molar refractivity (Wildman–Crippen MR) is 122 cm³/mol. The zero-order valence-corrected chi connectivity index (χ0v) is 18.7. The highest BCUT2D eigenvalue weighted by Crippen LogP contribution is 2.56. The van der Waals surface area contributed by atoms with Crippen LogP contribution in [0, 0.1) is 5.41 Å². The van der Waals surface area contributed by atoms with E-state index in [0.29, 0.717) is 11.3 Å². The number of nitrogens with zero attached hydrogens (tertiary/aromatic N) is 5. The largest absolute Gasteiger partial charge is 0.355 e. The quantitative estimate of drug-likeness (QED) is 0.616. The van der Waals surface area contributed by atoms with Crippen LogP contribution < -0.4 is 10.2 Å². The zero-order valence-electron chi connectivity index (χ0n) is 16.3. The Bertz CT molecular complexity index is 1040. The van der Waals surface area contributed by atoms with E-state index in [-0.39, 0.29) is 24.8 Å². The van der Waals surface area contributed by atoms with Crippen molar-refractivity contribution in [3.8, 4) is 5.69 Å². The summed E-state index contributed by atoms with van der Waals surface area (Å²) in [6, 6.07) is 12.2. The number of hydrogen-bond acceptors (Lipinski definition) is 5. The molecule has 9 heteroatoms. The van der Waals surface area contributed by atoms with Crippen LogP contribution in [0.15, 0.2) is 42.6 Å². The molecule has 4 heterocycles. The fourth-order valence-electron chi connectivity index (χ4n) is 5.09. The SMILES string of the molecule is Cl.Cl.Clc1ccc2c(c1)CNCc1nnc(C3CC4(C3)CN(c3ccccn3)C4)n1-2. The molecule has 2 aromatic heterocycles. The van der Waals surface area contributed by atoms with Crippen molar-refractivity contribution in [3.63, 3.8) is 0 Å². The van der Waals surface area contributed by atoms with Gasteiger partial charge in [0.2, 0.25) is 0 Å². The minimum absolute atomic E-state index is 0. The van der Waals surface area contributed by atoms with Crippen molar-refractivity contribution < 1.29 is 0 Å². The molecule has 30 heavy (non-hydrogen) atoms. The number of pyridine rings is 1. The zero-order chi connectivity index (χ0) is 18.7. The second-order valence-electron chi connectivity index (χ2n) is 8.34. The smallest absolute Gasteiger partial charge is 0.151 e. The van der Waals surface area contributed by atoms with Crippen molar-refractivity contribution in [2.24, 2.45) is 5.41 Å². The molecule has 2 fully saturated rings. The van der Waals surface area contributed by atoms with Crippen LogP contribution in [0.2, 0.25) is 5.02 Å². The Morgan fingerprint density at radius 3 is 2.63 bits per heavy atom. The highest BCUT2D eigenvalue weighted by atomic mass is 35.5. The molecule has 6 rings (SSSR count). The summed E-state index contributed by atoms with van der Waals surface area (Å²) < 4.78 is 2.26. The normalized spacial score (nSPS) is 18.8. The van der Waals surface area contributed by atoms with E-state index in [0.717, 1.165) is 54.4 Å². The first-order valence-corrected chi connectivity index (χ1v) is 10.2. The maximum atomic E-state index is 6.22. The van der Waals surface area contributed by atoms with Crippen molar-refractivity contribution in [3.05, 3.63) is 64.8 Å². The third-order valence-electron chi connectivity index (χ3n) is 6.39. The molecule has 0 bridgehead atoms. The van der Waals surface area contributed by atoms with Gasteiger partial charge in [-0.1, -0.05) is 17.7 Å². The number of benzene rings is 1. The molecule has 1 saturated heterocycles. The maximum Gasteiger partial charge on any atom is 0.151 e. The molecule has 158 valence electrons. The van der Waals surface area contributed by atoms with E-state index in [9.17, 15) is 0 Å². The summed E-state index contributed by atoms with van der Waals surface area (Å²) in [5, 5.41) is 13.3. The first-order valence-electron chi connectivity index (χ1n) is 9.81. The molecule has 0 atom stereocenters. The van der Waals surface area contributed by atoms with E-state index in [2.05, 4.69) is 48.2 Å². The molecule has 0 radical (unpaired) electrons. The standard InChI is InChI=1S/C21H21ClN6.2ClH/c22-16-4-5-17-14(7-16)10-23-11-19-25-26-20(28(17)19)15-8-21(9-15)12-27(13-21)18-3-1-2-6-24-18;;/h1-7,15,23H,8-13H2;2*1H. The fraction of sp³-hybridized carbons (Fsp3) is 0.381. The predicted octanol–water partition coefficient (Wildman–Crippen LogP) is 4.15. The molecule has 1 saturated carbocycles. The molecule has 3 aromatic rings. The molecule has 1 aromatic carbocycles. The van der Waals surface area contributed by atoms with Crippen LogP contribution >= 0.6 is 36.4 Å². The number of fused-ring (bicyclic) bond motifs is 3. The van der Waals surface area contributed by atoms with Gasteiger partial charge in [0, 0.05) is 42.2 Å². The Labute approximate surface area is 192 Å². The lowest BCUT2D eigenvalue weighted by molar-refractivity contribution is 0.0582. The molecular weight excluding hydrogens is 443 g/mol. The lowest BCUT2D eigenvalue weighted by atomic mass is 9.57. The van der Waals surface area contributed by atoms with E-state index >= 15 is 0 Å². The Morgan fingerprint density at radius 1 is 1.03 bits per heavy atom. The van der Waals surface area contributed by atoms with E-state index < -0.39 is 0 Å². The summed E-state index contributed by atoms with van der Waals surface area (Å²) in [6.45, 7) is 3.71. The molecular formula is C21H23Cl3N6. The van der Waals surface area contributed by atoms with Gasteiger partial charge in [0.15, 0.2) is 5.82 Å². The maximum absolute atomic E-state index is 6.22. The average molecular weight is 466 g/mol. The van der Waals surface area contributed by atoms with Gasteiger partial charge in [0.25, 0.3) is 0 Å². The van der Waals surface area contributed by atoms with Crippen LogP contribution in [0.5, 0.6) is 0 Å². The molecule has 0 amide bonds. The summed E-state index contributed by atoms with van der Waals surface area (Å²) in [5.41, 5.74) is 2.78. The molecule has 1 N–H and O–H groups in total. The van der Waals surface area contributed by atoms with Gasteiger partial charge in [0.1, 0.15) is 11.6 Å². The second kappa shape index (κ2) is 8.00. The van der Waals surface area contributed by atoms with Crippen LogP contribution in [0.1, 0.15) is 36.0 Å². The van der Waals surface area contributed by atoms with Crippen molar-refractivity contribution in [1.82, 2.24) is 25.1 Å². The lowest BCUT2D eigenvalue weighted by Gasteiger charge is -2.59. The number of hydrogen-bond donors (Lipinski definition) is 1. The minimum atomic E-state index is 0. The summed E-state index contributed by atoms with van der Waals surface area (Å²) in [7, 11) is 0. The van der Waals surface area contributed by atoms with Gasteiger partial charge in [-0.25, -0.2) is 4.98 Å². The van der Waals surface area contributed by atoms with Crippen LogP contribution in [-0.2, 0) is 13.1 Å². The van der Waals surface area contributed by atoms with Gasteiger partial charge >= 0.3 is 0 Å². The Morgan fingerprint density at radius 2 is 1.87 bits per heavy atom. The summed E-state index contributed by atoms with van der Waals surface area (Å²) in [5.74, 6) is 3.64. The number of aromatic nitrogens is 4. The van der Waals surface area contributed by atoms with Gasteiger partial charge in [-0.15, -0.1) is 35.0 Å². The molecule has 2 aliphatic heterocycles. The summed E-state index contributed by atoms with van der Waals surface area (Å²) in [6.07, 6.45) is 4.21. The van der Waals surface area contributed by atoms with Crippen LogP contribution in [0.4, 0.5) is 5.82 Å². The van der Waals surface area contributed by atoms with Crippen molar-refractivity contribution in [1.29, 1.82) is 0 Å². The first-order chi connectivity index (χ1) is 13.7. The van der Waals surface area contributed by atoms with Gasteiger partial charge in [0.05, 0.1) is 12.2 Å². The lowest BCUT2D eigenvalue weighted by Crippen LogP contribution is -2.62. The third-order valence-corrected chi connectivity index (χ3v) is 6.62. The van der Waals surface area contributed by atoms with Crippen molar-refractivity contribution in [2.45, 2.75) is 31.8 Å². The Balaban J connectivity index is 0.00000109. The molecule has 0 unspecified atom stereocenters. The number of anilines is 1. The fourth-order valence-corrected chi connectivity index (χ4v) is 5.28. The van der Waals surface area contributed by atoms with Gasteiger partial charge in [-0.3, -0.25) is 4.57 Å². The average Bonchev–Trinajstić information content (AvgIpc) is 2.95. The van der Waals surface area contributed by atoms with Crippen molar-refractivity contribution >= 4 is 42.2 Å². The van der Waals surface area contributed by atoms with E-state index in [4.69, 9.17) is 11.6 Å². The van der Waals surface area contributed by atoms with Gasteiger partial charge < -0.3 is 10.2 Å². The van der Waals surface area contributed by atoms with Gasteiger partial charge in [-0.2, -0.15) is 0 Å². The molecule has 3 aliphatic rings. The highest BCUT2D eigenvalue weighted by molar-refractivity contribution is 6.30. The topological polar surface area (TPSA) is 58.9 Å². The number of rotatable bonds is 2. The Kier molecular flexibility index (Phi) is 5.70. The molecule has 1 aliphatic carbocycles. The minimum Gasteiger partial charge on any atom is -0.355 e. The summed E-state index contributed by atoms with van der Waals surface area (Å²) >= 11 is 6.22. The van der Waals surface area contributed by atoms with Gasteiger partial charge in [-0.05, 0) is 48.7 Å².